The maximum Gasteiger partial charge on any atom is 0.308 e. The molecule has 1 N–H and O–H groups in total. The van der Waals surface area contributed by atoms with Crippen molar-refractivity contribution in [3.63, 3.8) is 0 Å². The van der Waals surface area contributed by atoms with Crippen LogP contribution in [-0.2, 0) is 11.2 Å². The molecule has 1 aliphatic carbocycles. The summed E-state index contributed by atoms with van der Waals surface area (Å²) in [5.74, 6) is -1.13. The van der Waals surface area contributed by atoms with Crippen LogP contribution in [0.5, 0.6) is 0 Å². The number of rotatable bonds is 4. The Labute approximate surface area is 139 Å². The van der Waals surface area contributed by atoms with Crippen LogP contribution in [0.15, 0.2) is 51.7 Å². The summed E-state index contributed by atoms with van der Waals surface area (Å²) < 4.78 is 5.70. The lowest BCUT2D eigenvalue weighted by molar-refractivity contribution is -0.384. The van der Waals surface area contributed by atoms with Gasteiger partial charge in [-0.05, 0) is 21.5 Å². The third kappa shape index (κ3) is 2.59. The van der Waals surface area contributed by atoms with Gasteiger partial charge in [0, 0.05) is 11.1 Å². The van der Waals surface area contributed by atoms with E-state index in [1.165, 1.54) is 12.5 Å². The van der Waals surface area contributed by atoms with Gasteiger partial charge in [0.15, 0.2) is 0 Å². The van der Waals surface area contributed by atoms with E-state index in [0.29, 0.717) is 26.7 Å². The van der Waals surface area contributed by atoms with E-state index in [1.807, 2.05) is 0 Å². The molecule has 1 heterocycles. The number of carboxylic acid groups (broad SMARTS) is 1. The number of hydrogen-bond acceptors (Lipinski definition) is 4. The van der Waals surface area contributed by atoms with Crippen molar-refractivity contribution in [3.8, 4) is 22.3 Å². The van der Waals surface area contributed by atoms with Gasteiger partial charge in [0.05, 0.1) is 33.2 Å². The fourth-order valence-electron chi connectivity index (χ4n) is 2.72. The molecule has 0 unspecified atom stereocenters. The molecule has 0 aromatic heterocycles. The van der Waals surface area contributed by atoms with Crippen LogP contribution < -0.4 is 0 Å². The number of halogens is 1. The van der Waals surface area contributed by atoms with Crippen LogP contribution in [0, 0.1) is 10.1 Å². The third-order valence-electron chi connectivity index (χ3n) is 3.53. The minimum Gasteiger partial charge on any atom is -0.481 e. The molecule has 23 heavy (non-hydrogen) atoms. The van der Waals surface area contributed by atoms with Gasteiger partial charge in [0.1, 0.15) is 6.26 Å². The van der Waals surface area contributed by atoms with Crippen molar-refractivity contribution >= 4 is 27.6 Å². The quantitative estimate of drug-likeness (QED) is 0.540. The summed E-state index contributed by atoms with van der Waals surface area (Å²) in [6, 6.07) is 8.83. The summed E-state index contributed by atoms with van der Waals surface area (Å²) in [4.78, 5) is 22.3. The Balaban J connectivity index is 2.43. The highest BCUT2D eigenvalue weighted by atomic mass is 79.9. The Morgan fingerprint density at radius 1 is 1.22 bits per heavy atom. The number of fused-ring (bicyclic) bond motifs is 1. The SMILES string of the molecule is O=C(O)Cc1c2c(Br)cocc-2c(-c2ccccc2)c1[N+](=O)[O-]. The highest BCUT2D eigenvalue weighted by molar-refractivity contribution is 9.10. The van der Waals surface area contributed by atoms with Gasteiger partial charge in [0.2, 0.25) is 0 Å². The zero-order valence-electron chi connectivity index (χ0n) is 11.7. The minimum absolute atomic E-state index is 0.166. The molecule has 1 aromatic rings. The Kier molecular flexibility index (Phi) is 3.87. The van der Waals surface area contributed by atoms with Gasteiger partial charge in [0.25, 0.3) is 5.69 Å². The number of hydrogen-bond donors (Lipinski definition) is 1. The summed E-state index contributed by atoms with van der Waals surface area (Å²) in [5.41, 5.74) is 1.97. The van der Waals surface area contributed by atoms with Gasteiger partial charge in [-0.25, -0.2) is 0 Å². The fourth-order valence-corrected chi connectivity index (χ4v) is 3.28. The predicted molar refractivity (Wildman–Crippen MR) is 86.5 cm³/mol. The zero-order valence-corrected chi connectivity index (χ0v) is 13.2. The Hall–Kier alpha value is -2.67. The maximum absolute atomic E-state index is 11.6. The monoisotopic (exact) mass is 375 g/mol. The number of carbonyl (C=O) groups is 1. The maximum atomic E-state index is 11.6. The van der Waals surface area contributed by atoms with Crippen molar-refractivity contribution in [2.45, 2.75) is 6.42 Å². The number of benzene rings is 1. The van der Waals surface area contributed by atoms with Crippen molar-refractivity contribution in [2.75, 3.05) is 0 Å². The molecule has 0 amide bonds. The van der Waals surface area contributed by atoms with Gasteiger partial charge < -0.3 is 9.52 Å². The van der Waals surface area contributed by atoms with Crippen LogP contribution in [0.1, 0.15) is 5.56 Å². The van der Waals surface area contributed by atoms with E-state index < -0.39 is 17.3 Å². The lowest BCUT2D eigenvalue weighted by Crippen LogP contribution is -2.03. The number of nitro groups is 1. The smallest absolute Gasteiger partial charge is 0.308 e. The van der Waals surface area contributed by atoms with Crippen LogP contribution in [0.2, 0.25) is 0 Å². The van der Waals surface area contributed by atoms with E-state index in [9.17, 15) is 14.9 Å². The predicted octanol–water partition coefficient (Wildman–Crippen LogP) is 4.35. The van der Waals surface area contributed by atoms with Crippen LogP contribution in [0.25, 0.3) is 22.3 Å². The van der Waals surface area contributed by atoms with Crippen LogP contribution >= 0.6 is 15.9 Å². The minimum atomic E-state index is -1.13. The molecule has 0 bridgehead atoms. The first-order chi connectivity index (χ1) is 11.0. The molecule has 1 aromatic carbocycles. The van der Waals surface area contributed by atoms with Gasteiger partial charge in [-0.1, -0.05) is 30.3 Å². The molecule has 6 nitrogen and oxygen atoms in total. The lowest BCUT2D eigenvalue weighted by Gasteiger charge is -2.04. The highest BCUT2D eigenvalue weighted by Crippen LogP contribution is 2.50. The Bertz CT molecular complexity index is 872. The molecule has 3 rings (SSSR count). The number of carboxylic acids is 1. The van der Waals surface area contributed by atoms with Crippen LogP contribution in [-0.4, -0.2) is 16.0 Å². The molecule has 0 saturated carbocycles. The lowest BCUT2D eigenvalue weighted by atomic mass is 10.0. The summed E-state index contributed by atoms with van der Waals surface area (Å²) in [5, 5.41) is 20.8. The molecule has 1 aliphatic heterocycles. The van der Waals surface area contributed by atoms with Crippen LogP contribution in [0.4, 0.5) is 5.69 Å². The van der Waals surface area contributed by atoms with Crippen molar-refractivity contribution in [1.29, 1.82) is 0 Å². The average molecular weight is 376 g/mol. The molecular weight excluding hydrogens is 366 g/mol. The Morgan fingerprint density at radius 2 is 1.91 bits per heavy atom. The summed E-state index contributed by atoms with van der Waals surface area (Å²) in [6.07, 6.45) is 2.34. The molecule has 7 heteroatoms. The van der Waals surface area contributed by atoms with Crippen molar-refractivity contribution in [1.82, 2.24) is 0 Å². The van der Waals surface area contributed by atoms with E-state index in [-0.39, 0.29) is 11.3 Å². The molecule has 0 spiro atoms. The second-order valence-corrected chi connectivity index (χ2v) is 5.76. The van der Waals surface area contributed by atoms with Crippen molar-refractivity contribution in [2.24, 2.45) is 0 Å². The zero-order chi connectivity index (χ0) is 16.6. The second kappa shape index (κ2) is 5.85. The second-order valence-electron chi connectivity index (χ2n) is 4.90. The first kappa shape index (κ1) is 15.2. The van der Waals surface area contributed by atoms with Crippen molar-refractivity contribution in [3.05, 3.63) is 63.0 Å². The van der Waals surface area contributed by atoms with Gasteiger partial charge in [-0.2, -0.15) is 0 Å². The number of aliphatic carboxylic acids is 1. The summed E-state index contributed by atoms with van der Waals surface area (Å²) >= 11 is 3.30. The molecule has 116 valence electrons. The fraction of sp³-hybridized carbons (Fsp3) is 0.0625. The molecule has 0 saturated heterocycles. The normalized spacial score (nSPS) is 10.8. The molecular formula is C16H10BrNO5. The summed E-state index contributed by atoms with van der Waals surface area (Å²) in [7, 11) is 0. The summed E-state index contributed by atoms with van der Waals surface area (Å²) in [6.45, 7) is 0. The van der Waals surface area contributed by atoms with Gasteiger partial charge in [-0.3, -0.25) is 14.9 Å². The topological polar surface area (TPSA) is 93.6 Å². The first-order valence-electron chi connectivity index (χ1n) is 6.62. The van der Waals surface area contributed by atoms with E-state index in [4.69, 9.17) is 9.52 Å². The molecule has 0 atom stereocenters. The molecule has 2 aliphatic rings. The van der Waals surface area contributed by atoms with E-state index >= 15 is 0 Å². The largest absolute Gasteiger partial charge is 0.481 e. The van der Waals surface area contributed by atoms with Crippen molar-refractivity contribution < 1.29 is 19.2 Å². The standard InChI is InChI=1S/C16H10BrNO5/c17-12-8-23-7-11-14(9-4-2-1-3-5-9)16(18(21)22)10(15(11)12)6-13(19)20/h1-5,7-8H,6H2,(H,19,20). The first-order valence-corrected chi connectivity index (χ1v) is 7.42. The number of nitrogens with zero attached hydrogens (tertiary/aromatic N) is 1. The highest BCUT2D eigenvalue weighted by Gasteiger charge is 2.34. The average Bonchev–Trinajstić information content (AvgIpc) is 2.83. The molecule has 0 fully saturated rings. The molecule has 0 radical (unpaired) electrons. The third-order valence-corrected chi connectivity index (χ3v) is 4.12. The van der Waals surface area contributed by atoms with Crippen LogP contribution in [0.3, 0.4) is 0 Å². The van der Waals surface area contributed by atoms with Gasteiger partial charge >= 0.3 is 5.97 Å². The van der Waals surface area contributed by atoms with Gasteiger partial charge in [-0.15, -0.1) is 0 Å². The van der Waals surface area contributed by atoms with E-state index in [0.717, 1.165) is 0 Å². The van der Waals surface area contributed by atoms with E-state index in [2.05, 4.69) is 15.9 Å². The van der Waals surface area contributed by atoms with E-state index in [1.54, 1.807) is 30.3 Å². The Morgan fingerprint density at radius 3 is 2.52 bits per heavy atom.